The summed E-state index contributed by atoms with van der Waals surface area (Å²) in [5.41, 5.74) is 9.56. The molecular weight excluding hydrogens is 548 g/mol. The van der Waals surface area contributed by atoms with Gasteiger partial charge in [-0.2, -0.15) is 0 Å². The first-order valence-corrected chi connectivity index (χ1v) is 14.4. The van der Waals surface area contributed by atoms with Crippen molar-refractivity contribution in [1.82, 2.24) is 21.7 Å². The molecule has 0 aliphatic rings. The van der Waals surface area contributed by atoms with Crippen molar-refractivity contribution in [2.75, 3.05) is 13.2 Å². The standard InChI is InChI=1S/C33H36N4O6/c38-30(34-36-32(40)22-42-28-18-10-14-24-12-6-8-16-26(24)28)20-4-2-1-3-5-21-31(39)35-37-33(41)23-43-29-19-11-15-25-13-7-9-17-27(25)29/h6-19H,1-5,20-23H2,(H,34,38)(H,35,39)(H,36,40)(H,37,41). The minimum Gasteiger partial charge on any atom is -0.483 e. The van der Waals surface area contributed by atoms with E-state index in [4.69, 9.17) is 9.47 Å². The second-order valence-corrected chi connectivity index (χ2v) is 9.99. The zero-order chi connectivity index (χ0) is 30.3. The predicted octanol–water partition coefficient (Wildman–Crippen LogP) is 4.48. The Bertz CT molecular complexity index is 1430. The Kier molecular flexibility index (Phi) is 11.7. The van der Waals surface area contributed by atoms with Crippen molar-refractivity contribution < 1.29 is 28.7 Å². The van der Waals surface area contributed by atoms with Gasteiger partial charge in [0.25, 0.3) is 11.8 Å². The smallest absolute Gasteiger partial charge is 0.276 e. The van der Waals surface area contributed by atoms with Gasteiger partial charge in [-0.3, -0.25) is 40.9 Å². The Morgan fingerprint density at radius 1 is 0.442 bits per heavy atom. The molecule has 0 heterocycles. The molecule has 43 heavy (non-hydrogen) atoms. The van der Waals surface area contributed by atoms with Crippen LogP contribution in [0, 0.1) is 0 Å². The molecule has 0 saturated carbocycles. The molecule has 0 bridgehead atoms. The molecular formula is C33H36N4O6. The fraction of sp³-hybridized carbons (Fsp3) is 0.273. The zero-order valence-corrected chi connectivity index (χ0v) is 23.9. The summed E-state index contributed by atoms with van der Waals surface area (Å²) in [5, 5.41) is 3.85. The Labute approximate surface area is 250 Å². The number of hydrogen-bond acceptors (Lipinski definition) is 6. The van der Waals surface area contributed by atoms with Crippen LogP contribution >= 0.6 is 0 Å². The first kappa shape index (κ1) is 30.8. The van der Waals surface area contributed by atoms with Crippen molar-refractivity contribution in [2.24, 2.45) is 0 Å². The van der Waals surface area contributed by atoms with Gasteiger partial charge in [0, 0.05) is 23.6 Å². The molecule has 224 valence electrons. The van der Waals surface area contributed by atoms with E-state index in [9.17, 15) is 19.2 Å². The van der Waals surface area contributed by atoms with Gasteiger partial charge in [-0.05, 0) is 35.7 Å². The minimum absolute atomic E-state index is 0.218. The summed E-state index contributed by atoms with van der Waals surface area (Å²) in [6, 6.07) is 26.7. The highest BCUT2D eigenvalue weighted by atomic mass is 16.5. The number of nitrogens with one attached hydrogen (secondary N) is 4. The van der Waals surface area contributed by atoms with E-state index < -0.39 is 11.8 Å². The first-order chi connectivity index (χ1) is 21.0. The normalized spacial score (nSPS) is 10.6. The van der Waals surface area contributed by atoms with Gasteiger partial charge in [0.1, 0.15) is 11.5 Å². The lowest BCUT2D eigenvalue weighted by molar-refractivity contribution is -0.130. The van der Waals surface area contributed by atoms with Crippen molar-refractivity contribution in [3.8, 4) is 11.5 Å². The summed E-state index contributed by atoms with van der Waals surface area (Å²) in [7, 11) is 0. The maximum Gasteiger partial charge on any atom is 0.276 e. The van der Waals surface area contributed by atoms with Crippen LogP contribution in [0.15, 0.2) is 84.9 Å². The van der Waals surface area contributed by atoms with Crippen LogP contribution in [0.4, 0.5) is 0 Å². The quantitative estimate of drug-likeness (QED) is 0.128. The van der Waals surface area contributed by atoms with Crippen molar-refractivity contribution >= 4 is 45.2 Å². The van der Waals surface area contributed by atoms with E-state index in [-0.39, 0.29) is 37.9 Å². The molecule has 4 aromatic rings. The van der Waals surface area contributed by atoms with Gasteiger partial charge < -0.3 is 9.47 Å². The summed E-state index contributed by atoms with van der Waals surface area (Å²) < 4.78 is 11.2. The van der Waals surface area contributed by atoms with Crippen molar-refractivity contribution in [3.05, 3.63) is 84.9 Å². The lowest BCUT2D eigenvalue weighted by atomic mass is 10.1. The first-order valence-electron chi connectivity index (χ1n) is 14.4. The molecule has 0 fully saturated rings. The molecule has 4 N–H and O–H groups in total. The molecule has 0 aliphatic carbocycles. The number of fused-ring (bicyclic) bond motifs is 2. The van der Waals surface area contributed by atoms with Gasteiger partial charge in [0.05, 0.1) is 0 Å². The summed E-state index contributed by atoms with van der Waals surface area (Å²) >= 11 is 0. The molecule has 0 aromatic heterocycles. The van der Waals surface area contributed by atoms with Crippen molar-refractivity contribution in [2.45, 2.75) is 44.9 Å². The highest BCUT2D eigenvalue weighted by molar-refractivity contribution is 5.90. The molecule has 0 aliphatic heterocycles. The molecule has 4 aromatic carbocycles. The Balaban J connectivity index is 0.985. The van der Waals surface area contributed by atoms with Crippen LogP contribution in [-0.2, 0) is 19.2 Å². The van der Waals surface area contributed by atoms with Gasteiger partial charge in [0.15, 0.2) is 13.2 Å². The lowest BCUT2D eigenvalue weighted by Gasteiger charge is -2.11. The molecule has 0 saturated heterocycles. The summed E-state index contributed by atoms with van der Waals surface area (Å²) in [4.78, 5) is 48.2. The van der Waals surface area contributed by atoms with Gasteiger partial charge in [-0.25, -0.2) is 0 Å². The van der Waals surface area contributed by atoms with Crippen LogP contribution in [0.1, 0.15) is 44.9 Å². The lowest BCUT2D eigenvalue weighted by Crippen LogP contribution is -2.43. The van der Waals surface area contributed by atoms with E-state index in [0.717, 1.165) is 40.8 Å². The van der Waals surface area contributed by atoms with Crippen LogP contribution in [0.5, 0.6) is 11.5 Å². The SMILES string of the molecule is O=C(CCCCCCCC(=O)NNC(=O)COc1cccc2ccccc12)NNC(=O)COc1cccc2ccccc12. The third-order valence-electron chi connectivity index (χ3n) is 6.71. The Morgan fingerprint density at radius 2 is 0.814 bits per heavy atom. The summed E-state index contributed by atoms with van der Waals surface area (Å²) in [6.07, 6.45) is 4.36. The maximum absolute atomic E-state index is 12.1. The van der Waals surface area contributed by atoms with E-state index in [0.29, 0.717) is 24.3 Å². The number of carbonyl (C=O) groups excluding carboxylic acids is 4. The number of amides is 4. The largest absolute Gasteiger partial charge is 0.483 e. The Morgan fingerprint density at radius 3 is 1.28 bits per heavy atom. The summed E-state index contributed by atoms with van der Waals surface area (Å²) in [5.74, 6) is -0.259. The fourth-order valence-electron chi connectivity index (χ4n) is 4.51. The third-order valence-corrected chi connectivity index (χ3v) is 6.71. The van der Waals surface area contributed by atoms with E-state index in [1.165, 1.54) is 0 Å². The fourth-order valence-corrected chi connectivity index (χ4v) is 4.51. The number of unbranched alkanes of at least 4 members (excludes halogenated alkanes) is 4. The molecule has 10 nitrogen and oxygen atoms in total. The van der Waals surface area contributed by atoms with Crippen LogP contribution in [0.25, 0.3) is 21.5 Å². The molecule has 0 atom stereocenters. The molecule has 0 spiro atoms. The van der Waals surface area contributed by atoms with Gasteiger partial charge >= 0.3 is 0 Å². The topological polar surface area (TPSA) is 135 Å². The highest BCUT2D eigenvalue weighted by Gasteiger charge is 2.09. The molecule has 4 amide bonds. The number of hydrogen-bond donors (Lipinski definition) is 4. The minimum atomic E-state index is -0.451. The molecule has 4 rings (SSSR count). The second kappa shape index (κ2) is 16.4. The van der Waals surface area contributed by atoms with Gasteiger partial charge in [-0.15, -0.1) is 0 Å². The van der Waals surface area contributed by atoms with Crippen LogP contribution in [0.3, 0.4) is 0 Å². The number of carbonyl (C=O) groups is 4. The van der Waals surface area contributed by atoms with Crippen LogP contribution in [-0.4, -0.2) is 36.8 Å². The van der Waals surface area contributed by atoms with Crippen LogP contribution in [0.2, 0.25) is 0 Å². The van der Waals surface area contributed by atoms with E-state index in [2.05, 4.69) is 21.7 Å². The van der Waals surface area contributed by atoms with Crippen molar-refractivity contribution in [1.29, 1.82) is 0 Å². The van der Waals surface area contributed by atoms with Gasteiger partial charge in [-0.1, -0.05) is 92.1 Å². The maximum atomic E-state index is 12.1. The molecule has 0 unspecified atom stereocenters. The summed E-state index contributed by atoms with van der Waals surface area (Å²) in [6.45, 7) is -0.436. The molecule has 10 heteroatoms. The highest BCUT2D eigenvalue weighted by Crippen LogP contribution is 2.26. The second-order valence-electron chi connectivity index (χ2n) is 9.99. The Hall–Kier alpha value is -5.12. The number of rotatable bonds is 14. The third kappa shape index (κ3) is 10.0. The average Bonchev–Trinajstić information content (AvgIpc) is 3.03. The zero-order valence-electron chi connectivity index (χ0n) is 23.9. The van der Waals surface area contributed by atoms with E-state index >= 15 is 0 Å². The molecule has 0 radical (unpaired) electrons. The monoisotopic (exact) mass is 584 g/mol. The van der Waals surface area contributed by atoms with Crippen molar-refractivity contribution in [3.63, 3.8) is 0 Å². The van der Waals surface area contributed by atoms with E-state index in [1.807, 2.05) is 72.8 Å². The van der Waals surface area contributed by atoms with E-state index in [1.54, 1.807) is 12.1 Å². The number of benzene rings is 4. The average molecular weight is 585 g/mol. The predicted molar refractivity (Wildman–Crippen MR) is 164 cm³/mol. The van der Waals surface area contributed by atoms with Crippen LogP contribution < -0.4 is 31.2 Å². The van der Waals surface area contributed by atoms with Gasteiger partial charge in [0.2, 0.25) is 11.8 Å². The number of hydrazine groups is 2. The number of ether oxygens (including phenoxy) is 2.